The first-order chi connectivity index (χ1) is 11.2. The molecule has 2 N–H and O–H groups in total. The van der Waals surface area contributed by atoms with Crippen molar-refractivity contribution < 1.29 is 4.79 Å². The van der Waals surface area contributed by atoms with Crippen molar-refractivity contribution in [2.45, 2.75) is 76.4 Å². The first-order valence-corrected chi connectivity index (χ1v) is 9.34. The fraction of sp³-hybridized carbons (Fsp3) is 0.650. The van der Waals surface area contributed by atoms with E-state index in [-0.39, 0.29) is 24.4 Å². The maximum atomic E-state index is 13.2. The van der Waals surface area contributed by atoms with E-state index in [1.54, 1.807) is 0 Å². The van der Waals surface area contributed by atoms with Crippen molar-refractivity contribution in [2.75, 3.05) is 0 Å². The normalized spacial score (nSPS) is 24.9. The number of carbonyl (C=O) groups excluding carboxylic acids is 1. The van der Waals surface area contributed by atoms with Crippen molar-refractivity contribution in [2.24, 2.45) is 11.7 Å². The highest BCUT2D eigenvalue weighted by molar-refractivity contribution is 5.85. The summed E-state index contributed by atoms with van der Waals surface area (Å²) in [4.78, 5) is 15.4. The van der Waals surface area contributed by atoms with E-state index in [0.29, 0.717) is 11.9 Å². The first-order valence-electron chi connectivity index (χ1n) is 9.34. The van der Waals surface area contributed by atoms with Gasteiger partial charge in [-0.15, -0.1) is 12.4 Å². The molecule has 4 heteroatoms. The summed E-state index contributed by atoms with van der Waals surface area (Å²) in [6, 6.07) is 11.1. The first kappa shape index (κ1) is 19.3. The van der Waals surface area contributed by atoms with Crippen LogP contribution in [0.2, 0.25) is 0 Å². The number of hydrogen-bond donors (Lipinski definition) is 1. The lowest BCUT2D eigenvalue weighted by Gasteiger charge is -2.38. The standard InChI is InChI=1S/C20H30N2O.ClH/c21-18-11-7-10-17(14-18)20(23)22(19-12-5-2-6-13-19)15-16-8-3-1-4-9-16;/h1,3-4,8-9,17-19H,2,5-7,10-15,21H2;1H. The Balaban J connectivity index is 0.00000208. The minimum Gasteiger partial charge on any atom is -0.335 e. The van der Waals surface area contributed by atoms with Gasteiger partial charge in [0, 0.05) is 24.5 Å². The molecule has 0 radical (unpaired) electrons. The van der Waals surface area contributed by atoms with E-state index in [2.05, 4.69) is 29.2 Å². The molecule has 2 saturated carbocycles. The monoisotopic (exact) mass is 350 g/mol. The largest absolute Gasteiger partial charge is 0.335 e. The van der Waals surface area contributed by atoms with E-state index < -0.39 is 0 Å². The molecule has 0 aromatic heterocycles. The van der Waals surface area contributed by atoms with Gasteiger partial charge in [0.15, 0.2) is 0 Å². The van der Waals surface area contributed by atoms with Crippen molar-refractivity contribution in [1.82, 2.24) is 4.90 Å². The summed E-state index contributed by atoms with van der Waals surface area (Å²) in [5, 5.41) is 0. The molecule has 1 aromatic carbocycles. The Morgan fingerprint density at radius 1 is 1.00 bits per heavy atom. The van der Waals surface area contributed by atoms with Gasteiger partial charge in [-0.2, -0.15) is 0 Å². The maximum Gasteiger partial charge on any atom is 0.226 e. The average molecular weight is 351 g/mol. The van der Waals surface area contributed by atoms with Crippen LogP contribution in [0.15, 0.2) is 30.3 Å². The second-order valence-electron chi connectivity index (χ2n) is 7.37. The van der Waals surface area contributed by atoms with Crippen molar-refractivity contribution >= 4 is 18.3 Å². The maximum absolute atomic E-state index is 13.2. The molecule has 0 spiro atoms. The van der Waals surface area contributed by atoms with Crippen molar-refractivity contribution in [3.05, 3.63) is 35.9 Å². The molecule has 24 heavy (non-hydrogen) atoms. The van der Waals surface area contributed by atoms with Crippen molar-refractivity contribution in [3.63, 3.8) is 0 Å². The number of nitrogens with zero attached hydrogens (tertiary/aromatic N) is 1. The van der Waals surface area contributed by atoms with E-state index in [1.165, 1.54) is 24.8 Å². The average Bonchev–Trinajstić information content (AvgIpc) is 2.61. The lowest BCUT2D eigenvalue weighted by atomic mass is 9.84. The zero-order chi connectivity index (χ0) is 16.1. The molecule has 134 valence electrons. The molecule has 3 rings (SSSR count). The van der Waals surface area contributed by atoms with Crippen LogP contribution in [0.1, 0.15) is 63.4 Å². The predicted octanol–water partition coefficient (Wildman–Crippen LogP) is 4.29. The third kappa shape index (κ3) is 4.97. The molecule has 1 aromatic rings. The van der Waals surface area contributed by atoms with Crippen LogP contribution >= 0.6 is 12.4 Å². The van der Waals surface area contributed by atoms with E-state index >= 15 is 0 Å². The topological polar surface area (TPSA) is 46.3 Å². The summed E-state index contributed by atoms with van der Waals surface area (Å²) >= 11 is 0. The smallest absolute Gasteiger partial charge is 0.226 e. The number of hydrogen-bond acceptors (Lipinski definition) is 2. The van der Waals surface area contributed by atoms with Gasteiger partial charge in [0.2, 0.25) is 5.91 Å². The summed E-state index contributed by atoms with van der Waals surface area (Å²) in [5.41, 5.74) is 7.37. The molecule has 0 saturated heterocycles. The summed E-state index contributed by atoms with van der Waals surface area (Å²) in [6.07, 6.45) is 10.2. The number of benzene rings is 1. The van der Waals surface area contributed by atoms with Gasteiger partial charge in [-0.25, -0.2) is 0 Å². The molecular weight excluding hydrogens is 320 g/mol. The zero-order valence-electron chi connectivity index (χ0n) is 14.5. The summed E-state index contributed by atoms with van der Waals surface area (Å²) in [7, 11) is 0. The zero-order valence-corrected chi connectivity index (χ0v) is 15.3. The molecule has 0 aliphatic heterocycles. The second kappa shape index (κ2) is 9.43. The lowest BCUT2D eigenvalue weighted by molar-refractivity contribution is -0.140. The van der Waals surface area contributed by atoms with Gasteiger partial charge in [-0.05, 0) is 37.7 Å². The lowest BCUT2D eigenvalue weighted by Crippen LogP contribution is -2.46. The van der Waals surface area contributed by atoms with Crippen LogP contribution in [0, 0.1) is 5.92 Å². The molecule has 3 nitrogen and oxygen atoms in total. The molecule has 2 aliphatic rings. The van der Waals surface area contributed by atoms with Crippen LogP contribution < -0.4 is 5.73 Å². The van der Waals surface area contributed by atoms with Crippen LogP contribution in [0.25, 0.3) is 0 Å². The summed E-state index contributed by atoms with van der Waals surface area (Å²) in [5.74, 6) is 0.500. The SMILES string of the molecule is Cl.NC1CCCC(C(=O)N(Cc2ccccc2)C2CCCCC2)C1. The quantitative estimate of drug-likeness (QED) is 0.880. The van der Waals surface area contributed by atoms with Crippen molar-refractivity contribution in [3.8, 4) is 0 Å². The predicted molar refractivity (Wildman–Crippen MR) is 101 cm³/mol. The third-order valence-corrected chi connectivity index (χ3v) is 5.56. The summed E-state index contributed by atoms with van der Waals surface area (Å²) < 4.78 is 0. The van der Waals surface area contributed by atoms with Gasteiger partial charge in [0.05, 0.1) is 0 Å². The minimum atomic E-state index is 0. The van der Waals surface area contributed by atoms with E-state index in [1.807, 2.05) is 6.07 Å². The molecule has 2 unspecified atom stereocenters. The van der Waals surface area contributed by atoms with E-state index in [9.17, 15) is 4.79 Å². The summed E-state index contributed by atoms with van der Waals surface area (Å²) in [6.45, 7) is 0.760. The fourth-order valence-corrected chi connectivity index (χ4v) is 4.25. The Morgan fingerprint density at radius 3 is 2.38 bits per heavy atom. The van der Waals surface area contributed by atoms with Gasteiger partial charge < -0.3 is 10.6 Å². The number of rotatable bonds is 4. The number of carbonyl (C=O) groups is 1. The molecular formula is C20H31ClN2O. The van der Waals surface area contributed by atoms with Gasteiger partial charge in [-0.1, -0.05) is 56.0 Å². The van der Waals surface area contributed by atoms with E-state index in [0.717, 1.165) is 45.1 Å². The Hall–Kier alpha value is -1.06. The molecule has 1 amide bonds. The highest BCUT2D eigenvalue weighted by atomic mass is 35.5. The molecule has 2 atom stereocenters. The Morgan fingerprint density at radius 2 is 1.71 bits per heavy atom. The number of nitrogens with two attached hydrogens (primary N) is 1. The second-order valence-corrected chi connectivity index (χ2v) is 7.37. The molecule has 0 heterocycles. The minimum absolute atomic E-state index is 0. The number of halogens is 1. The van der Waals surface area contributed by atoms with Gasteiger partial charge >= 0.3 is 0 Å². The van der Waals surface area contributed by atoms with Crippen LogP contribution in [0.4, 0.5) is 0 Å². The highest BCUT2D eigenvalue weighted by Gasteiger charge is 2.33. The fourth-order valence-electron chi connectivity index (χ4n) is 4.25. The van der Waals surface area contributed by atoms with Crippen molar-refractivity contribution in [1.29, 1.82) is 0 Å². The van der Waals surface area contributed by atoms with Crippen LogP contribution in [0.3, 0.4) is 0 Å². The Labute approximate surface area is 152 Å². The van der Waals surface area contributed by atoms with Crippen LogP contribution in [-0.4, -0.2) is 22.9 Å². The van der Waals surface area contributed by atoms with Crippen LogP contribution in [-0.2, 0) is 11.3 Å². The molecule has 2 aliphatic carbocycles. The van der Waals surface area contributed by atoms with Gasteiger partial charge in [-0.3, -0.25) is 4.79 Å². The molecule has 2 fully saturated rings. The Bertz CT molecular complexity index is 502. The third-order valence-electron chi connectivity index (χ3n) is 5.56. The van der Waals surface area contributed by atoms with Crippen LogP contribution in [0.5, 0.6) is 0 Å². The Kier molecular flexibility index (Phi) is 7.57. The highest BCUT2D eigenvalue weighted by Crippen LogP contribution is 2.30. The molecule has 0 bridgehead atoms. The number of amides is 1. The van der Waals surface area contributed by atoms with Gasteiger partial charge in [0.25, 0.3) is 0 Å². The van der Waals surface area contributed by atoms with Gasteiger partial charge in [0.1, 0.15) is 0 Å². The van der Waals surface area contributed by atoms with E-state index in [4.69, 9.17) is 5.73 Å².